The highest BCUT2D eigenvalue weighted by Gasteiger charge is 2.31. The summed E-state index contributed by atoms with van der Waals surface area (Å²) < 4.78 is 11.8. The topological polar surface area (TPSA) is 84.7 Å². The molecule has 1 aliphatic heterocycles. The van der Waals surface area contributed by atoms with E-state index in [4.69, 9.17) is 9.15 Å². The third kappa shape index (κ3) is 5.19. The number of para-hydroxylation sites is 2. The van der Waals surface area contributed by atoms with Gasteiger partial charge in [-0.25, -0.2) is 0 Å². The molecular formula is C23H25N3O4S. The molecule has 0 bridgehead atoms. The van der Waals surface area contributed by atoms with Gasteiger partial charge in [-0.2, -0.15) is 4.98 Å². The molecule has 162 valence electrons. The highest BCUT2D eigenvalue weighted by atomic mass is 32.2. The highest BCUT2D eigenvalue weighted by molar-refractivity contribution is 8.15. The second-order valence-electron chi connectivity index (χ2n) is 7.68. The number of nitrogens with zero attached hydrogens (tertiary/aromatic N) is 2. The number of rotatable bonds is 9. The molecule has 1 unspecified atom stereocenters. The number of fused-ring (bicyclic) bond motifs is 1. The number of benzene rings is 2. The second kappa shape index (κ2) is 9.43. The molecule has 31 heavy (non-hydrogen) atoms. The number of imide groups is 1. The van der Waals surface area contributed by atoms with Crippen LogP contribution in [0.5, 0.6) is 5.75 Å². The predicted molar refractivity (Wildman–Crippen MR) is 122 cm³/mol. The number of carbonyl (C=O) groups excluding carboxylic acids is 2. The minimum absolute atomic E-state index is 0.219. The van der Waals surface area contributed by atoms with Crippen molar-refractivity contribution in [3.05, 3.63) is 54.1 Å². The van der Waals surface area contributed by atoms with Gasteiger partial charge in [-0.3, -0.25) is 14.9 Å². The molecule has 2 heterocycles. The smallest absolute Gasteiger partial charge is 0.298 e. The van der Waals surface area contributed by atoms with E-state index in [0.29, 0.717) is 19.0 Å². The van der Waals surface area contributed by atoms with Gasteiger partial charge >= 0.3 is 0 Å². The third-order valence-electron chi connectivity index (χ3n) is 5.08. The van der Waals surface area contributed by atoms with Crippen molar-refractivity contribution in [3.63, 3.8) is 0 Å². The van der Waals surface area contributed by atoms with Gasteiger partial charge in [0.25, 0.3) is 11.3 Å². The maximum atomic E-state index is 11.7. The molecule has 1 N–H and O–H groups in total. The fraction of sp³-hybridized carbons (Fsp3) is 0.348. The van der Waals surface area contributed by atoms with E-state index < -0.39 is 0 Å². The van der Waals surface area contributed by atoms with Crippen LogP contribution >= 0.6 is 11.8 Å². The Labute approximate surface area is 185 Å². The van der Waals surface area contributed by atoms with Crippen molar-refractivity contribution in [2.75, 3.05) is 18.1 Å². The van der Waals surface area contributed by atoms with Crippen LogP contribution in [0.3, 0.4) is 0 Å². The Morgan fingerprint density at radius 1 is 1.16 bits per heavy atom. The Balaban J connectivity index is 1.27. The lowest BCUT2D eigenvalue weighted by Crippen LogP contribution is -2.32. The van der Waals surface area contributed by atoms with E-state index in [1.807, 2.05) is 48.5 Å². The number of aromatic nitrogens is 1. The Morgan fingerprint density at radius 2 is 1.94 bits per heavy atom. The maximum Gasteiger partial charge on any atom is 0.298 e. The van der Waals surface area contributed by atoms with E-state index >= 15 is 0 Å². The summed E-state index contributed by atoms with van der Waals surface area (Å²) in [5, 5.41) is 1.69. The van der Waals surface area contributed by atoms with E-state index in [2.05, 4.69) is 29.0 Å². The van der Waals surface area contributed by atoms with E-state index in [0.717, 1.165) is 47.1 Å². The third-order valence-corrected chi connectivity index (χ3v) is 6.06. The minimum atomic E-state index is -0.354. The van der Waals surface area contributed by atoms with Gasteiger partial charge in [0.2, 0.25) is 5.91 Å². The Hall–Kier alpha value is -3.00. The molecular weight excluding hydrogens is 414 g/mol. The standard InChI is InChI=1S/C23H25N3O4S/c1-15(2)26(22-24-18-6-3-4-7-19(18)30-22)12-5-13-29-17-10-8-16(9-11-17)14-20-21(27)25-23(28)31-20/h3-4,6-11,15,20H,5,12-14H2,1-2H3,(H,25,27,28). The fourth-order valence-corrected chi connectivity index (χ4v) is 4.31. The van der Waals surface area contributed by atoms with Crippen LogP contribution in [-0.2, 0) is 11.2 Å². The first kappa shape index (κ1) is 21.2. The normalized spacial score (nSPS) is 16.2. The zero-order valence-electron chi connectivity index (χ0n) is 17.5. The lowest BCUT2D eigenvalue weighted by atomic mass is 10.1. The summed E-state index contributed by atoms with van der Waals surface area (Å²) in [7, 11) is 0. The van der Waals surface area contributed by atoms with Crippen LogP contribution in [0.15, 0.2) is 52.9 Å². The second-order valence-corrected chi connectivity index (χ2v) is 8.86. The molecule has 1 aromatic heterocycles. The lowest BCUT2D eigenvalue weighted by Gasteiger charge is -2.24. The summed E-state index contributed by atoms with van der Waals surface area (Å²) in [5.74, 6) is 0.560. The van der Waals surface area contributed by atoms with E-state index in [1.54, 1.807) is 0 Å². The predicted octanol–water partition coefficient (Wildman–Crippen LogP) is 4.41. The molecule has 0 aliphatic carbocycles. The van der Waals surface area contributed by atoms with Crippen LogP contribution in [-0.4, -0.2) is 40.6 Å². The summed E-state index contributed by atoms with van der Waals surface area (Å²) in [6.07, 6.45) is 1.34. The van der Waals surface area contributed by atoms with Crippen molar-refractivity contribution in [1.29, 1.82) is 0 Å². The maximum absolute atomic E-state index is 11.7. The van der Waals surface area contributed by atoms with Crippen molar-refractivity contribution >= 4 is 40.0 Å². The van der Waals surface area contributed by atoms with Crippen LogP contribution < -0.4 is 15.0 Å². The summed E-state index contributed by atoms with van der Waals surface area (Å²) in [4.78, 5) is 29.7. The van der Waals surface area contributed by atoms with Crippen LogP contribution in [0.1, 0.15) is 25.8 Å². The Morgan fingerprint density at radius 3 is 2.61 bits per heavy atom. The number of anilines is 1. The first-order valence-electron chi connectivity index (χ1n) is 10.3. The molecule has 4 rings (SSSR count). The summed E-state index contributed by atoms with van der Waals surface area (Å²) in [6.45, 7) is 5.57. The van der Waals surface area contributed by atoms with Crippen molar-refractivity contribution in [2.45, 2.75) is 38.0 Å². The molecule has 0 spiro atoms. The van der Waals surface area contributed by atoms with E-state index in [-0.39, 0.29) is 22.4 Å². The molecule has 7 nitrogen and oxygen atoms in total. The molecule has 0 saturated carbocycles. The first-order valence-corrected chi connectivity index (χ1v) is 11.2. The van der Waals surface area contributed by atoms with E-state index in [9.17, 15) is 9.59 Å². The molecule has 2 amide bonds. The summed E-state index contributed by atoms with van der Waals surface area (Å²) >= 11 is 1.05. The molecule has 1 fully saturated rings. The average Bonchev–Trinajstić information content (AvgIpc) is 3.31. The molecule has 1 atom stereocenters. The summed E-state index contributed by atoms with van der Waals surface area (Å²) in [6, 6.07) is 16.3. The number of amides is 2. The van der Waals surface area contributed by atoms with Gasteiger partial charge in [0.1, 0.15) is 11.3 Å². The van der Waals surface area contributed by atoms with Crippen molar-refractivity contribution < 1.29 is 18.7 Å². The van der Waals surface area contributed by atoms with E-state index in [1.165, 1.54) is 0 Å². The van der Waals surface area contributed by atoms with Crippen LogP contribution in [0.2, 0.25) is 0 Å². The van der Waals surface area contributed by atoms with Gasteiger partial charge in [-0.05, 0) is 56.5 Å². The fourth-order valence-electron chi connectivity index (χ4n) is 3.45. The molecule has 0 radical (unpaired) electrons. The lowest BCUT2D eigenvalue weighted by molar-refractivity contribution is -0.118. The zero-order chi connectivity index (χ0) is 21.8. The Bertz CT molecular complexity index is 1030. The van der Waals surface area contributed by atoms with Gasteiger partial charge in [0, 0.05) is 12.6 Å². The van der Waals surface area contributed by atoms with Gasteiger partial charge < -0.3 is 14.1 Å². The average molecular weight is 440 g/mol. The van der Waals surface area contributed by atoms with Crippen LogP contribution in [0.4, 0.5) is 10.8 Å². The number of nitrogens with one attached hydrogen (secondary N) is 1. The SMILES string of the molecule is CC(C)N(CCCOc1ccc(CC2SC(=O)NC2=O)cc1)c1nc2ccccc2o1. The molecule has 8 heteroatoms. The number of ether oxygens (including phenoxy) is 1. The molecule has 1 saturated heterocycles. The highest BCUT2D eigenvalue weighted by Crippen LogP contribution is 2.25. The van der Waals surface area contributed by atoms with Gasteiger partial charge in [0.15, 0.2) is 5.58 Å². The van der Waals surface area contributed by atoms with Crippen molar-refractivity contribution in [2.24, 2.45) is 0 Å². The van der Waals surface area contributed by atoms with Gasteiger partial charge in [-0.1, -0.05) is 36.0 Å². The van der Waals surface area contributed by atoms with Crippen LogP contribution in [0.25, 0.3) is 11.1 Å². The number of hydrogen-bond acceptors (Lipinski definition) is 7. The summed E-state index contributed by atoms with van der Waals surface area (Å²) in [5.41, 5.74) is 2.64. The minimum Gasteiger partial charge on any atom is -0.494 e. The zero-order valence-corrected chi connectivity index (χ0v) is 18.4. The first-order chi connectivity index (χ1) is 15.0. The number of oxazole rings is 1. The Kier molecular flexibility index (Phi) is 6.46. The quantitative estimate of drug-likeness (QED) is 0.495. The number of carbonyl (C=O) groups is 2. The number of thioether (sulfide) groups is 1. The molecule has 3 aromatic rings. The molecule has 2 aromatic carbocycles. The van der Waals surface area contributed by atoms with Crippen LogP contribution in [0, 0.1) is 0 Å². The molecule has 1 aliphatic rings. The monoisotopic (exact) mass is 439 g/mol. The van der Waals surface area contributed by atoms with Gasteiger partial charge in [0.05, 0.1) is 11.9 Å². The van der Waals surface area contributed by atoms with Crippen molar-refractivity contribution in [3.8, 4) is 5.75 Å². The number of hydrogen-bond donors (Lipinski definition) is 1. The van der Waals surface area contributed by atoms with Gasteiger partial charge in [-0.15, -0.1) is 0 Å². The van der Waals surface area contributed by atoms with Crippen molar-refractivity contribution in [1.82, 2.24) is 10.3 Å². The largest absolute Gasteiger partial charge is 0.494 e.